The Kier molecular flexibility index (Phi) is 3.37. The van der Waals surface area contributed by atoms with E-state index in [4.69, 9.17) is 0 Å². The predicted molar refractivity (Wildman–Crippen MR) is 62.0 cm³/mol. The number of aromatic nitrogens is 1. The zero-order valence-electron chi connectivity index (χ0n) is 9.68. The first-order valence-electron chi connectivity index (χ1n) is 5.51. The molecule has 0 aliphatic carbocycles. The Balaban J connectivity index is 2.16. The summed E-state index contributed by atoms with van der Waals surface area (Å²) in [6.07, 6.45) is 2.67. The highest BCUT2D eigenvalue weighted by Gasteiger charge is 2.18. The van der Waals surface area contributed by atoms with Crippen LogP contribution in [-0.4, -0.2) is 36.9 Å². The molecule has 0 N–H and O–H groups in total. The third kappa shape index (κ3) is 2.61. The van der Waals surface area contributed by atoms with Crippen LogP contribution in [0.25, 0.3) is 0 Å². The molecule has 0 radical (unpaired) electrons. The van der Waals surface area contributed by atoms with Gasteiger partial charge in [-0.2, -0.15) is 0 Å². The van der Waals surface area contributed by atoms with Gasteiger partial charge >= 0.3 is 5.97 Å². The van der Waals surface area contributed by atoms with Crippen molar-refractivity contribution in [3.8, 4) is 0 Å². The number of ketones is 1. The lowest BCUT2D eigenvalue weighted by atomic mass is 10.1. The number of hydrogen-bond acceptors (Lipinski definition) is 5. The maximum Gasteiger partial charge on any atom is 0.338 e. The highest BCUT2D eigenvalue weighted by molar-refractivity contribution is 5.90. The Hall–Kier alpha value is -1.91. The van der Waals surface area contributed by atoms with Crippen molar-refractivity contribution in [2.75, 3.05) is 25.1 Å². The smallest absolute Gasteiger partial charge is 0.338 e. The maximum absolute atomic E-state index is 11.4. The van der Waals surface area contributed by atoms with Gasteiger partial charge in [0, 0.05) is 32.1 Å². The van der Waals surface area contributed by atoms with Gasteiger partial charge in [-0.15, -0.1) is 0 Å². The van der Waals surface area contributed by atoms with E-state index in [1.165, 1.54) is 7.11 Å². The number of hydrogen-bond donors (Lipinski definition) is 0. The van der Waals surface area contributed by atoms with Crippen molar-refractivity contribution >= 4 is 17.6 Å². The van der Waals surface area contributed by atoms with Gasteiger partial charge < -0.3 is 9.64 Å². The SMILES string of the molecule is COC(=O)c1ccnc(N2CCC(=O)CC2)c1. The maximum atomic E-state index is 11.4. The summed E-state index contributed by atoms with van der Waals surface area (Å²) in [5.41, 5.74) is 0.481. The second-order valence-electron chi connectivity index (χ2n) is 3.92. The van der Waals surface area contributed by atoms with Gasteiger partial charge in [0.1, 0.15) is 11.6 Å². The van der Waals surface area contributed by atoms with Crippen LogP contribution in [0.1, 0.15) is 23.2 Å². The lowest BCUT2D eigenvalue weighted by molar-refractivity contribution is -0.119. The minimum absolute atomic E-state index is 0.283. The summed E-state index contributed by atoms with van der Waals surface area (Å²) < 4.78 is 4.66. The molecule has 0 aromatic carbocycles. The molecule has 0 amide bonds. The molecule has 0 unspecified atom stereocenters. The summed E-state index contributed by atoms with van der Waals surface area (Å²) in [4.78, 5) is 28.7. The van der Waals surface area contributed by atoms with Crippen molar-refractivity contribution in [2.24, 2.45) is 0 Å². The number of nitrogens with zero attached hydrogens (tertiary/aromatic N) is 2. The number of rotatable bonds is 2. The molecular weight excluding hydrogens is 220 g/mol. The van der Waals surface area contributed by atoms with E-state index in [-0.39, 0.29) is 11.8 Å². The van der Waals surface area contributed by atoms with Crippen LogP contribution < -0.4 is 4.90 Å². The molecule has 0 bridgehead atoms. The second-order valence-corrected chi connectivity index (χ2v) is 3.92. The van der Waals surface area contributed by atoms with E-state index < -0.39 is 0 Å². The number of carbonyl (C=O) groups is 2. The van der Waals surface area contributed by atoms with Gasteiger partial charge in [-0.1, -0.05) is 0 Å². The van der Waals surface area contributed by atoms with Crippen LogP contribution in [0.3, 0.4) is 0 Å². The van der Waals surface area contributed by atoms with Gasteiger partial charge in [-0.05, 0) is 12.1 Å². The third-order valence-electron chi connectivity index (χ3n) is 2.81. The molecule has 0 spiro atoms. The molecule has 1 aromatic heterocycles. The Labute approximate surface area is 99.4 Å². The van der Waals surface area contributed by atoms with E-state index >= 15 is 0 Å². The predicted octanol–water partition coefficient (Wildman–Crippen LogP) is 1.04. The van der Waals surface area contributed by atoms with E-state index in [1.807, 2.05) is 4.90 Å². The molecule has 0 saturated carbocycles. The molecule has 1 aliphatic heterocycles. The Morgan fingerprint density at radius 1 is 1.41 bits per heavy atom. The molecule has 1 aliphatic rings. The Bertz CT molecular complexity index is 435. The van der Waals surface area contributed by atoms with Gasteiger partial charge in [0.05, 0.1) is 12.7 Å². The number of carbonyl (C=O) groups excluding carboxylic acids is 2. The fourth-order valence-electron chi connectivity index (χ4n) is 1.82. The van der Waals surface area contributed by atoms with Gasteiger partial charge in [-0.3, -0.25) is 4.79 Å². The average molecular weight is 234 g/mol. The van der Waals surface area contributed by atoms with E-state index in [0.717, 1.165) is 5.82 Å². The monoisotopic (exact) mass is 234 g/mol. The van der Waals surface area contributed by atoms with Crippen molar-refractivity contribution in [1.29, 1.82) is 0 Å². The largest absolute Gasteiger partial charge is 0.465 e. The number of anilines is 1. The van der Waals surface area contributed by atoms with Crippen molar-refractivity contribution in [3.63, 3.8) is 0 Å². The van der Waals surface area contributed by atoms with E-state index in [9.17, 15) is 9.59 Å². The minimum Gasteiger partial charge on any atom is -0.465 e. The van der Waals surface area contributed by atoms with Crippen molar-refractivity contribution < 1.29 is 14.3 Å². The highest BCUT2D eigenvalue weighted by atomic mass is 16.5. The highest BCUT2D eigenvalue weighted by Crippen LogP contribution is 2.17. The lowest BCUT2D eigenvalue weighted by Gasteiger charge is -2.27. The zero-order chi connectivity index (χ0) is 12.3. The fourth-order valence-corrected chi connectivity index (χ4v) is 1.82. The standard InChI is InChI=1S/C12H14N2O3/c1-17-12(16)9-2-5-13-11(8-9)14-6-3-10(15)4-7-14/h2,5,8H,3-4,6-7H2,1H3. The van der Waals surface area contributed by atoms with Crippen LogP contribution in [0.4, 0.5) is 5.82 Å². The van der Waals surface area contributed by atoms with Crippen LogP contribution in [-0.2, 0) is 9.53 Å². The van der Waals surface area contributed by atoms with Crippen LogP contribution in [0.2, 0.25) is 0 Å². The average Bonchev–Trinajstić information content (AvgIpc) is 2.39. The molecule has 5 nitrogen and oxygen atoms in total. The quantitative estimate of drug-likeness (QED) is 0.715. The molecule has 5 heteroatoms. The number of ether oxygens (including phenoxy) is 1. The summed E-state index contributed by atoms with van der Waals surface area (Å²) in [5, 5.41) is 0. The summed E-state index contributed by atoms with van der Waals surface area (Å²) in [6.45, 7) is 1.33. The van der Waals surface area contributed by atoms with Crippen LogP contribution in [0.15, 0.2) is 18.3 Å². The minimum atomic E-state index is -0.373. The van der Waals surface area contributed by atoms with Crippen LogP contribution in [0.5, 0.6) is 0 Å². The number of piperidine rings is 1. The van der Waals surface area contributed by atoms with E-state index in [1.54, 1.807) is 18.3 Å². The van der Waals surface area contributed by atoms with Crippen molar-refractivity contribution in [3.05, 3.63) is 23.9 Å². The number of pyridine rings is 1. The van der Waals surface area contributed by atoms with E-state index in [0.29, 0.717) is 31.5 Å². The zero-order valence-corrected chi connectivity index (χ0v) is 9.68. The number of esters is 1. The number of Topliss-reactive ketones (excluding diaryl/α,β-unsaturated/α-hetero) is 1. The molecule has 90 valence electrons. The molecule has 1 fully saturated rings. The summed E-state index contributed by atoms with van der Waals surface area (Å²) in [7, 11) is 1.35. The topological polar surface area (TPSA) is 59.5 Å². The Morgan fingerprint density at radius 3 is 2.76 bits per heavy atom. The third-order valence-corrected chi connectivity index (χ3v) is 2.81. The van der Waals surface area contributed by atoms with Crippen molar-refractivity contribution in [1.82, 2.24) is 4.98 Å². The van der Waals surface area contributed by atoms with E-state index in [2.05, 4.69) is 9.72 Å². The summed E-state index contributed by atoms with van der Waals surface area (Å²) >= 11 is 0. The van der Waals surface area contributed by atoms with Gasteiger partial charge in [0.25, 0.3) is 0 Å². The molecule has 2 heterocycles. The van der Waals surface area contributed by atoms with Gasteiger partial charge in [-0.25, -0.2) is 9.78 Å². The van der Waals surface area contributed by atoms with Gasteiger partial charge in [0.15, 0.2) is 0 Å². The molecular formula is C12H14N2O3. The molecule has 17 heavy (non-hydrogen) atoms. The lowest BCUT2D eigenvalue weighted by Crippen LogP contribution is -2.34. The first-order chi connectivity index (χ1) is 8.20. The summed E-state index contributed by atoms with van der Waals surface area (Å²) in [5.74, 6) is 0.632. The van der Waals surface area contributed by atoms with Crippen LogP contribution >= 0.6 is 0 Å². The molecule has 2 rings (SSSR count). The number of methoxy groups -OCH3 is 1. The van der Waals surface area contributed by atoms with Gasteiger partial charge in [0.2, 0.25) is 0 Å². The summed E-state index contributed by atoms with van der Waals surface area (Å²) in [6, 6.07) is 3.31. The Morgan fingerprint density at radius 2 is 2.12 bits per heavy atom. The normalized spacial score (nSPS) is 15.8. The molecule has 1 aromatic rings. The first-order valence-corrected chi connectivity index (χ1v) is 5.51. The fraction of sp³-hybridized carbons (Fsp3) is 0.417. The van der Waals surface area contributed by atoms with Crippen LogP contribution in [0, 0.1) is 0 Å². The second kappa shape index (κ2) is 4.95. The first kappa shape index (κ1) is 11.6. The molecule has 1 saturated heterocycles. The molecule has 0 atom stereocenters. The van der Waals surface area contributed by atoms with Crippen molar-refractivity contribution in [2.45, 2.75) is 12.8 Å².